The van der Waals surface area contributed by atoms with Crippen molar-refractivity contribution in [3.05, 3.63) is 95.9 Å². The van der Waals surface area contributed by atoms with Crippen molar-refractivity contribution >= 4 is 72.2 Å². The minimum Gasteiger partial charge on any atom is -0.481 e. The van der Waals surface area contributed by atoms with Crippen molar-refractivity contribution in [3.8, 4) is 5.75 Å². The van der Waals surface area contributed by atoms with E-state index < -0.39 is 0 Å². The number of amides is 1. The molecule has 4 aromatic rings. The molecule has 0 radical (unpaired) electrons. The molecule has 1 heterocycles. The summed E-state index contributed by atoms with van der Waals surface area (Å²) >= 11 is 13.4. The molecular formula is C28H25Br2ClN4O3. The van der Waals surface area contributed by atoms with Crippen LogP contribution in [0.25, 0.3) is 10.9 Å². The van der Waals surface area contributed by atoms with Crippen molar-refractivity contribution in [2.75, 3.05) is 11.9 Å². The van der Waals surface area contributed by atoms with E-state index in [0.717, 1.165) is 22.9 Å². The molecule has 0 spiro atoms. The molecule has 1 aromatic heterocycles. The quantitative estimate of drug-likeness (QED) is 0.194. The molecule has 1 amide bonds. The second kappa shape index (κ2) is 12.7. The number of aromatic nitrogens is 2. The van der Waals surface area contributed by atoms with Crippen LogP contribution in [0.4, 0.5) is 5.69 Å². The van der Waals surface area contributed by atoms with Gasteiger partial charge in [0.1, 0.15) is 5.82 Å². The standard InChI is InChI=1S/C28H25Br2ClN4O3/c1-3-4-5-25-34-24-11-8-19(29)14-21(24)28(37)35(25)32-15-18-12-22(30)27(23(31)13-18)38-16-26(36)33-20-9-6-17(2)7-10-20/h6-15H,3-5,16H2,1-2H3,(H,33,36). The highest BCUT2D eigenvalue weighted by Crippen LogP contribution is 2.34. The summed E-state index contributed by atoms with van der Waals surface area (Å²) < 4.78 is 8.36. The molecule has 0 aliphatic heterocycles. The first kappa shape index (κ1) is 28.0. The molecule has 4 rings (SSSR count). The lowest BCUT2D eigenvalue weighted by molar-refractivity contribution is -0.118. The van der Waals surface area contributed by atoms with E-state index >= 15 is 0 Å². The van der Waals surface area contributed by atoms with Gasteiger partial charge in [0.25, 0.3) is 11.5 Å². The number of hydrogen-bond acceptors (Lipinski definition) is 5. The Kier molecular flexibility index (Phi) is 9.35. The third-order valence-corrected chi connectivity index (χ3v) is 7.02. The fraction of sp³-hybridized carbons (Fsp3) is 0.214. The molecule has 0 fully saturated rings. The minimum atomic E-state index is -0.308. The lowest BCUT2D eigenvalue weighted by Gasteiger charge is -2.12. The molecule has 0 aliphatic rings. The minimum absolute atomic E-state index is 0.214. The predicted molar refractivity (Wildman–Crippen MR) is 160 cm³/mol. The van der Waals surface area contributed by atoms with Gasteiger partial charge < -0.3 is 10.1 Å². The van der Waals surface area contributed by atoms with Gasteiger partial charge in [-0.3, -0.25) is 9.59 Å². The maximum Gasteiger partial charge on any atom is 0.282 e. The van der Waals surface area contributed by atoms with E-state index in [9.17, 15) is 9.59 Å². The van der Waals surface area contributed by atoms with Gasteiger partial charge in [-0.05, 0) is 77.3 Å². The fourth-order valence-corrected chi connectivity index (χ4v) is 5.05. The number of nitrogens with zero attached hydrogens (tertiary/aromatic N) is 3. The monoisotopic (exact) mass is 658 g/mol. The molecule has 1 N–H and O–H groups in total. The zero-order chi connectivity index (χ0) is 27.2. The van der Waals surface area contributed by atoms with Gasteiger partial charge in [-0.2, -0.15) is 9.78 Å². The molecule has 0 saturated carbocycles. The number of unbranched alkanes of at least 4 members (excludes halogenated alkanes) is 1. The SMILES string of the molecule is CCCCc1nc2ccc(Br)cc2c(=O)n1N=Cc1cc(Cl)c(OCC(=O)Nc2ccc(C)cc2)c(Br)c1. The van der Waals surface area contributed by atoms with Crippen molar-refractivity contribution in [1.82, 2.24) is 9.66 Å². The van der Waals surface area contributed by atoms with Gasteiger partial charge >= 0.3 is 0 Å². The number of benzene rings is 3. The number of halogens is 3. The van der Waals surface area contributed by atoms with Gasteiger partial charge in [-0.25, -0.2) is 4.98 Å². The number of ether oxygens (including phenoxy) is 1. The van der Waals surface area contributed by atoms with E-state index in [1.54, 1.807) is 24.4 Å². The van der Waals surface area contributed by atoms with Crippen molar-refractivity contribution in [2.45, 2.75) is 33.1 Å². The summed E-state index contributed by atoms with van der Waals surface area (Å²) in [5.74, 6) is 0.616. The number of nitrogens with one attached hydrogen (secondary N) is 1. The molecule has 0 bridgehead atoms. The first-order valence-electron chi connectivity index (χ1n) is 12.0. The zero-order valence-electron chi connectivity index (χ0n) is 20.8. The van der Waals surface area contributed by atoms with Crippen LogP contribution in [0, 0.1) is 6.92 Å². The molecule has 38 heavy (non-hydrogen) atoms. The Morgan fingerprint density at radius 1 is 1.16 bits per heavy atom. The van der Waals surface area contributed by atoms with Crippen molar-refractivity contribution in [3.63, 3.8) is 0 Å². The van der Waals surface area contributed by atoms with Crippen LogP contribution in [0.15, 0.2) is 73.4 Å². The molecule has 3 aromatic carbocycles. The van der Waals surface area contributed by atoms with Gasteiger partial charge in [0, 0.05) is 16.6 Å². The Balaban J connectivity index is 1.54. The highest BCUT2D eigenvalue weighted by atomic mass is 79.9. The normalized spacial score (nSPS) is 11.3. The van der Waals surface area contributed by atoms with Crippen molar-refractivity contribution in [2.24, 2.45) is 5.10 Å². The molecule has 0 aliphatic carbocycles. The van der Waals surface area contributed by atoms with Gasteiger partial charge in [-0.15, -0.1) is 0 Å². The molecular weight excluding hydrogens is 636 g/mol. The summed E-state index contributed by atoms with van der Waals surface area (Å²) in [7, 11) is 0. The second-order valence-electron chi connectivity index (χ2n) is 8.67. The van der Waals surface area contributed by atoms with E-state index in [-0.39, 0.29) is 18.1 Å². The molecule has 196 valence electrons. The molecule has 0 saturated heterocycles. The first-order chi connectivity index (χ1) is 18.2. The average Bonchev–Trinajstić information content (AvgIpc) is 2.88. The van der Waals surface area contributed by atoms with Gasteiger partial charge in [0.2, 0.25) is 0 Å². The van der Waals surface area contributed by atoms with Crippen LogP contribution >= 0.6 is 43.5 Å². The third-order valence-electron chi connectivity index (χ3n) is 5.66. The van der Waals surface area contributed by atoms with Gasteiger partial charge in [0.15, 0.2) is 12.4 Å². The number of fused-ring (bicyclic) bond motifs is 1. The third kappa shape index (κ3) is 6.89. The number of rotatable bonds is 9. The van der Waals surface area contributed by atoms with Crippen LogP contribution in [-0.4, -0.2) is 28.4 Å². The van der Waals surface area contributed by atoms with E-state index in [1.807, 2.05) is 43.3 Å². The highest BCUT2D eigenvalue weighted by Gasteiger charge is 2.13. The molecule has 7 nitrogen and oxygen atoms in total. The Labute approximate surface area is 242 Å². The Bertz CT molecular complexity index is 1550. The molecule has 0 unspecified atom stereocenters. The fourth-order valence-electron chi connectivity index (χ4n) is 3.70. The van der Waals surface area contributed by atoms with Gasteiger partial charge in [-0.1, -0.05) is 58.6 Å². The number of hydrogen-bond donors (Lipinski definition) is 1. The van der Waals surface area contributed by atoms with Crippen LogP contribution in [0.2, 0.25) is 5.02 Å². The number of anilines is 1. The predicted octanol–water partition coefficient (Wildman–Crippen LogP) is 7.13. The van der Waals surface area contributed by atoms with E-state index in [0.29, 0.717) is 49.6 Å². The highest BCUT2D eigenvalue weighted by molar-refractivity contribution is 9.10. The van der Waals surface area contributed by atoms with Crippen LogP contribution in [0.1, 0.15) is 36.7 Å². The number of carbonyl (C=O) groups excluding carboxylic acids is 1. The number of aryl methyl sites for hydroxylation is 2. The van der Waals surface area contributed by atoms with Crippen molar-refractivity contribution in [1.29, 1.82) is 0 Å². The Hall–Kier alpha value is -3.01. The van der Waals surface area contributed by atoms with Crippen LogP contribution in [0.5, 0.6) is 5.75 Å². The summed E-state index contributed by atoms with van der Waals surface area (Å²) in [6.07, 6.45) is 4.01. The lowest BCUT2D eigenvalue weighted by atomic mass is 10.2. The maximum absolute atomic E-state index is 13.3. The van der Waals surface area contributed by atoms with Crippen LogP contribution < -0.4 is 15.6 Å². The maximum atomic E-state index is 13.3. The van der Waals surface area contributed by atoms with E-state index in [2.05, 4.69) is 54.2 Å². The smallest absolute Gasteiger partial charge is 0.282 e. The molecule has 10 heteroatoms. The summed E-state index contributed by atoms with van der Waals surface area (Å²) in [5, 5.41) is 8.02. The topological polar surface area (TPSA) is 85.6 Å². The number of carbonyl (C=O) groups is 1. The first-order valence-corrected chi connectivity index (χ1v) is 14.0. The zero-order valence-corrected chi connectivity index (χ0v) is 24.7. The van der Waals surface area contributed by atoms with Gasteiger partial charge in [0.05, 0.1) is 26.6 Å². The molecule has 0 atom stereocenters. The summed E-state index contributed by atoms with van der Waals surface area (Å²) in [4.78, 5) is 30.3. The van der Waals surface area contributed by atoms with Crippen molar-refractivity contribution < 1.29 is 9.53 Å². The van der Waals surface area contributed by atoms with E-state index in [4.69, 9.17) is 16.3 Å². The average molecular weight is 661 g/mol. The van der Waals surface area contributed by atoms with Crippen LogP contribution in [-0.2, 0) is 11.2 Å². The van der Waals surface area contributed by atoms with E-state index in [1.165, 1.54) is 4.68 Å². The summed E-state index contributed by atoms with van der Waals surface area (Å²) in [6.45, 7) is 3.84. The Morgan fingerprint density at radius 2 is 1.92 bits per heavy atom. The summed E-state index contributed by atoms with van der Waals surface area (Å²) in [6, 6.07) is 16.3. The largest absolute Gasteiger partial charge is 0.481 e. The van der Waals surface area contributed by atoms with Crippen LogP contribution in [0.3, 0.4) is 0 Å². The Morgan fingerprint density at radius 3 is 2.63 bits per heavy atom. The second-order valence-corrected chi connectivity index (χ2v) is 10.8. The lowest BCUT2D eigenvalue weighted by Crippen LogP contribution is -2.22. The summed E-state index contributed by atoms with van der Waals surface area (Å²) in [5.41, 5.74) is 2.81.